The zero-order chi connectivity index (χ0) is 19.2. The van der Waals surface area contributed by atoms with E-state index in [1.54, 1.807) is 24.3 Å². The van der Waals surface area contributed by atoms with Crippen LogP contribution in [-0.4, -0.2) is 31.5 Å². The highest BCUT2D eigenvalue weighted by atomic mass is 35.5. The van der Waals surface area contributed by atoms with Crippen molar-refractivity contribution in [2.45, 2.75) is 19.8 Å². The summed E-state index contributed by atoms with van der Waals surface area (Å²) in [5, 5.41) is 0.591. The lowest BCUT2D eigenvalue weighted by Crippen LogP contribution is -2.48. The molecule has 0 fully saturated rings. The number of ether oxygens (including phenoxy) is 1. The molecule has 0 aliphatic carbocycles. The number of rotatable bonds is 5. The highest BCUT2D eigenvalue weighted by molar-refractivity contribution is 6.30. The van der Waals surface area contributed by atoms with Crippen molar-refractivity contribution in [1.29, 1.82) is 0 Å². The molecule has 0 bridgehead atoms. The van der Waals surface area contributed by atoms with E-state index in [1.165, 1.54) is 11.1 Å². The van der Waals surface area contributed by atoms with Gasteiger partial charge in [-0.2, -0.15) is 0 Å². The second kappa shape index (κ2) is 8.77. The van der Waals surface area contributed by atoms with E-state index in [1.807, 2.05) is 11.0 Å². The van der Waals surface area contributed by atoms with E-state index in [0.717, 1.165) is 25.1 Å². The Labute approximate surface area is 163 Å². The van der Waals surface area contributed by atoms with Crippen LogP contribution < -0.4 is 20.5 Å². The van der Waals surface area contributed by atoms with Gasteiger partial charge < -0.3 is 9.64 Å². The minimum atomic E-state index is -0.437. The lowest BCUT2D eigenvalue weighted by Gasteiger charge is -2.31. The SMILES string of the molecule is Cc1ccc2c(c1)CCCN2CC(=O)NNC(=O)COc1ccc(Cl)cc1. The molecule has 142 valence electrons. The first-order valence-electron chi connectivity index (χ1n) is 8.82. The maximum atomic E-state index is 12.2. The van der Waals surface area contributed by atoms with Gasteiger partial charge in [0.05, 0.1) is 6.54 Å². The molecule has 2 aromatic carbocycles. The fraction of sp³-hybridized carbons (Fsp3) is 0.300. The van der Waals surface area contributed by atoms with Crippen molar-refractivity contribution in [1.82, 2.24) is 10.9 Å². The molecule has 0 atom stereocenters. The second-order valence-electron chi connectivity index (χ2n) is 6.50. The minimum absolute atomic E-state index is 0.189. The van der Waals surface area contributed by atoms with Gasteiger partial charge in [-0.25, -0.2) is 0 Å². The fourth-order valence-electron chi connectivity index (χ4n) is 3.04. The first-order valence-corrected chi connectivity index (χ1v) is 9.19. The average Bonchev–Trinajstić information content (AvgIpc) is 2.66. The highest BCUT2D eigenvalue weighted by Gasteiger charge is 2.19. The number of aryl methyl sites for hydroxylation is 2. The lowest BCUT2D eigenvalue weighted by molar-refractivity contribution is -0.129. The molecule has 0 aromatic heterocycles. The molecule has 0 spiro atoms. The Morgan fingerprint density at radius 3 is 2.63 bits per heavy atom. The van der Waals surface area contributed by atoms with Crippen LogP contribution >= 0.6 is 11.6 Å². The minimum Gasteiger partial charge on any atom is -0.484 e. The van der Waals surface area contributed by atoms with Crippen LogP contribution in [-0.2, 0) is 16.0 Å². The number of amides is 2. The standard InChI is InChI=1S/C20H22ClN3O3/c1-14-4-9-18-15(11-14)3-2-10-24(18)12-19(25)22-23-20(26)13-27-17-7-5-16(21)6-8-17/h4-9,11H,2-3,10,12-13H2,1H3,(H,22,25)(H,23,26). The normalized spacial score (nSPS) is 12.9. The van der Waals surface area contributed by atoms with Gasteiger partial charge in [0, 0.05) is 17.3 Å². The number of carbonyl (C=O) groups is 2. The number of fused-ring (bicyclic) bond motifs is 1. The number of carbonyl (C=O) groups excluding carboxylic acids is 2. The number of anilines is 1. The molecule has 3 rings (SSSR count). The number of hydrogen-bond donors (Lipinski definition) is 2. The van der Waals surface area contributed by atoms with E-state index in [-0.39, 0.29) is 19.1 Å². The predicted molar refractivity (Wildman–Crippen MR) is 105 cm³/mol. The maximum Gasteiger partial charge on any atom is 0.276 e. The maximum absolute atomic E-state index is 12.2. The van der Waals surface area contributed by atoms with Crippen LogP contribution in [0.4, 0.5) is 5.69 Å². The number of benzene rings is 2. The highest BCUT2D eigenvalue weighted by Crippen LogP contribution is 2.27. The average molecular weight is 388 g/mol. The zero-order valence-electron chi connectivity index (χ0n) is 15.1. The summed E-state index contributed by atoms with van der Waals surface area (Å²) in [5.74, 6) is -0.183. The molecule has 1 aliphatic heterocycles. The summed E-state index contributed by atoms with van der Waals surface area (Å²) < 4.78 is 5.33. The molecule has 6 nitrogen and oxygen atoms in total. The Hall–Kier alpha value is -2.73. The summed E-state index contributed by atoms with van der Waals surface area (Å²) in [5.41, 5.74) is 8.36. The van der Waals surface area contributed by atoms with Crippen molar-refractivity contribution in [2.75, 3.05) is 24.6 Å². The molecule has 1 heterocycles. The van der Waals surface area contributed by atoms with Gasteiger partial charge in [0.1, 0.15) is 5.75 Å². The van der Waals surface area contributed by atoms with Gasteiger partial charge in [0.15, 0.2) is 6.61 Å². The molecule has 2 N–H and O–H groups in total. The van der Waals surface area contributed by atoms with E-state index in [2.05, 4.69) is 29.9 Å². The van der Waals surface area contributed by atoms with Crippen LogP contribution in [0.3, 0.4) is 0 Å². The monoisotopic (exact) mass is 387 g/mol. The Kier molecular flexibility index (Phi) is 6.19. The third-order valence-electron chi connectivity index (χ3n) is 4.31. The molecule has 0 unspecified atom stereocenters. The van der Waals surface area contributed by atoms with Gasteiger partial charge in [-0.1, -0.05) is 29.3 Å². The van der Waals surface area contributed by atoms with Crippen molar-refractivity contribution < 1.29 is 14.3 Å². The van der Waals surface area contributed by atoms with Gasteiger partial charge in [-0.15, -0.1) is 0 Å². The molecule has 2 amide bonds. The number of hydrazine groups is 1. The molecule has 7 heteroatoms. The molecular weight excluding hydrogens is 366 g/mol. The largest absolute Gasteiger partial charge is 0.484 e. The number of hydrogen-bond acceptors (Lipinski definition) is 4. The van der Waals surface area contributed by atoms with Crippen molar-refractivity contribution >= 4 is 29.1 Å². The Balaban J connectivity index is 1.45. The van der Waals surface area contributed by atoms with E-state index >= 15 is 0 Å². The summed E-state index contributed by atoms with van der Waals surface area (Å²) in [6.45, 7) is 2.87. The molecule has 0 saturated carbocycles. The Morgan fingerprint density at radius 2 is 1.85 bits per heavy atom. The van der Waals surface area contributed by atoms with Crippen molar-refractivity contribution in [3.05, 3.63) is 58.6 Å². The summed E-state index contributed by atoms with van der Waals surface area (Å²) >= 11 is 5.79. The van der Waals surface area contributed by atoms with Crippen LogP contribution in [0.5, 0.6) is 5.75 Å². The van der Waals surface area contributed by atoms with E-state index < -0.39 is 5.91 Å². The van der Waals surface area contributed by atoms with E-state index in [9.17, 15) is 9.59 Å². The van der Waals surface area contributed by atoms with Crippen molar-refractivity contribution in [3.8, 4) is 5.75 Å². The molecule has 2 aromatic rings. The summed E-state index contributed by atoms with van der Waals surface area (Å²) in [6, 6.07) is 13.0. The number of nitrogens with one attached hydrogen (secondary N) is 2. The summed E-state index contributed by atoms with van der Waals surface area (Å²) in [4.78, 5) is 26.0. The molecule has 1 aliphatic rings. The first-order chi connectivity index (χ1) is 13.0. The van der Waals surface area contributed by atoms with Crippen LogP contribution in [0, 0.1) is 6.92 Å². The molecule has 0 radical (unpaired) electrons. The van der Waals surface area contributed by atoms with Gasteiger partial charge in [-0.3, -0.25) is 20.4 Å². The van der Waals surface area contributed by atoms with Crippen molar-refractivity contribution in [2.24, 2.45) is 0 Å². The summed E-state index contributed by atoms with van der Waals surface area (Å²) in [7, 11) is 0. The number of halogens is 1. The van der Waals surface area contributed by atoms with Crippen LogP contribution in [0.25, 0.3) is 0 Å². The van der Waals surface area contributed by atoms with E-state index in [4.69, 9.17) is 16.3 Å². The third kappa shape index (κ3) is 5.37. The van der Waals surface area contributed by atoms with Gasteiger partial charge >= 0.3 is 0 Å². The lowest BCUT2D eigenvalue weighted by atomic mass is 9.99. The van der Waals surface area contributed by atoms with Gasteiger partial charge in [0.25, 0.3) is 11.8 Å². The van der Waals surface area contributed by atoms with Crippen LogP contribution in [0.15, 0.2) is 42.5 Å². The second-order valence-corrected chi connectivity index (χ2v) is 6.93. The van der Waals surface area contributed by atoms with Crippen molar-refractivity contribution in [3.63, 3.8) is 0 Å². The molecular formula is C20H22ClN3O3. The zero-order valence-corrected chi connectivity index (χ0v) is 15.9. The molecule has 27 heavy (non-hydrogen) atoms. The Bertz CT molecular complexity index is 824. The topological polar surface area (TPSA) is 70.7 Å². The quantitative estimate of drug-likeness (QED) is 0.774. The van der Waals surface area contributed by atoms with Gasteiger partial charge in [-0.05, 0) is 55.7 Å². The fourth-order valence-corrected chi connectivity index (χ4v) is 3.16. The third-order valence-corrected chi connectivity index (χ3v) is 4.56. The van der Waals surface area contributed by atoms with Crippen LogP contribution in [0.2, 0.25) is 5.02 Å². The van der Waals surface area contributed by atoms with E-state index in [0.29, 0.717) is 10.8 Å². The predicted octanol–water partition coefficient (Wildman–Crippen LogP) is 2.63. The summed E-state index contributed by atoms with van der Waals surface area (Å²) in [6.07, 6.45) is 2.03. The smallest absolute Gasteiger partial charge is 0.276 e. The first kappa shape index (κ1) is 19.0. The number of nitrogens with zero attached hydrogens (tertiary/aromatic N) is 1. The molecule has 0 saturated heterocycles. The Morgan fingerprint density at radius 1 is 1.11 bits per heavy atom. The van der Waals surface area contributed by atoms with Gasteiger partial charge in [0.2, 0.25) is 0 Å². The van der Waals surface area contributed by atoms with Crippen LogP contribution in [0.1, 0.15) is 17.5 Å².